The Morgan fingerprint density at radius 3 is 2.64 bits per heavy atom. The third-order valence-corrected chi connectivity index (χ3v) is 2.67. The zero-order valence-corrected chi connectivity index (χ0v) is 7.99. The van der Waals surface area contributed by atoms with Gasteiger partial charge in [-0.1, -0.05) is 0 Å². The lowest BCUT2D eigenvalue weighted by atomic mass is 10.3. The van der Waals surface area contributed by atoms with Gasteiger partial charge in [0.25, 0.3) is 0 Å². The zero-order valence-electron chi connectivity index (χ0n) is 7.18. The Labute approximate surface area is 71.2 Å². The van der Waals surface area contributed by atoms with E-state index in [9.17, 15) is 0 Å². The van der Waals surface area contributed by atoms with E-state index in [2.05, 4.69) is 11.9 Å². The average Bonchev–Trinajstić information content (AvgIpc) is 2.26. The van der Waals surface area contributed by atoms with Crippen molar-refractivity contribution >= 4 is 11.3 Å². The van der Waals surface area contributed by atoms with Gasteiger partial charge in [0.05, 0.1) is 17.3 Å². The molecule has 0 fully saturated rings. The van der Waals surface area contributed by atoms with E-state index in [4.69, 9.17) is 4.74 Å². The predicted octanol–water partition coefficient (Wildman–Crippen LogP) is 1.95. The van der Waals surface area contributed by atoms with Crippen molar-refractivity contribution in [1.29, 1.82) is 0 Å². The van der Waals surface area contributed by atoms with Gasteiger partial charge in [0, 0.05) is 18.4 Å². The van der Waals surface area contributed by atoms with Crippen LogP contribution >= 0.6 is 11.3 Å². The largest absolute Gasteiger partial charge is 0.384 e. The van der Waals surface area contributed by atoms with Crippen LogP contribution in [0, 0.1) is 13.8 Å². The number of aromatic nitrogens is 1. The van der Waals surface area contributed by atoms with Crippen LogP contribution in [-0.2, 0) is 11.2 Å². The Morgan fingerprint density at radius 2 is 2.18 bits per heavy atom. The predicted molar refractivity (Wildman–Crippen MR) is 47.2 cm³/mol. The van der Waals surface area contributed by atoms with Crippen LogP contribution in [0.5, 0.6) is 0 Å². The van der Waals surface area contributed by atoms with Crippen LogP contribution in [0.3, 0.4) is 0 Å². The molecular weight excluding hydrogens is 158 g/mol. The summed E-state index contributed by atoms with van der Waals surface area (Å²) >= 11 is 1.76. The minimum atomic E-state index is 0.794. The van der Waals surface area contributed by atoms with Crippen LogP contribution in [0.25, 0.3) is 0 Å². The SMILES string of the molecule is COCCc1sc(C)nc1C. The molecule has 0 aromatic carbocycles. The van der Waals surface area contributed by atoms with Crippen LogP contribution in [0.1, 0.15) is 15.6 Å². The molecule has 3 heteroatoms. The number of ether oxygens (including phenoxy) is 1. The molecule has 0 saturated heterocycles. The maximum atomic E-state index is 4.99. The molecule has 1 heterocycles. The number of methoxy groups -OCH3 is 1. The maximum Gasteiger partial charge on any atom is 0.0900 e. The van der Waals surface area contributed by atoms with Gasteiger partial charge in [-0.15, -0.1) is 11.3 Å². The number of nitrogens with zero attached hydrogens (tertiary/aromatic N) is 1. The van der Waals surface area contributed by atoms with Gasteiger partial charge in [0.2, 0.25) is 0 Å². The fourth-order valence-corrected chi connectivity index (χ4v) is 1.92. The summed E-state index contributed by atoms with van der Waals surface area (Å²) in [5, 5.41) is 1.15. The van der Waals surface area contributed by atoms with Crippen LogP contribution in [0.15, 0.2) is 0 Å². The summed E-state index contributed by atoms with van der Waals surface area (Å²) in [6, 6.07) is 0. The quantitative estimate of drug-likeness (QED) is 0.693. The molecule has 2 nitrogen and oxygen atoms in total. The van der Waals surface area contributed by atoms with Gasteiger partial charge in [-0.05, 0) is 13.8 Å². The second-order valence-corrected chi connectivity index (χ2v) is 3.77. The summed E-state index contributed by atoms with van der Waals surface area (Å²) in [5.41, 5.74) is 1.16. The second kappa shape index (κ2) is 3.83. The highest BCUT2D eigenvalue weighted by molar-refractivity contribution is 7.11. The van der Waals surface area contributed by atoms with Crippen molar-refractivity contribution in [1.82, 2.24) is 4.98 Å². The first-order valence-corrected chi connectivity index (χ1v) is 4.47. The second-order valence-electron chi connectivity index (χ2n) is 2.48. The Balaban J connectivity index is 2.62. The minimum Gasteiger partial charge on any atom is -0.384 e. The zero-order chi connectivity index (χ0) is 8.27. The summed E-state index contributed by atoms with van der Waals surface area (Å²) in [7, 11) is 1.73. The van der Waals surface area contributed by atoms with Gasteiger partial charge in [-0.25, -0.2) is 4.98 Å². The molecule has 0 aliphatic rings. The summed E-state index contributed by atoms with van der Waals surface area (Å²) in [6.45, 7) is 4.88. The highest BCUT2D eigenvalue weighted by atomic mass is 32.1. The van der Waals surface area contributed by atoms with Crippen molar-refractivity contribution in [3.63, 3.8) is 0 Å². The number of thiazole rings is 1. The van der Waals surface area contributed by atoms with Gasteiger partial charge >= 0.3 is 0 Å². The van der Waals surface area contributed by atoms with E-state index in [0.717, 1.165) is 23.7 Å². The van der Waals surface area contributed by atoms with Crippen molar-refractivity contribution in [2.45, 2.75) is 20.3 Å². The smallest absolute Gasteiger partial charge is 0.0900 e. The van der Waals surface area contributed by atoms with E-state index in [1.54, 1.807) is 18.4 Å². The van der Waals surface area contributed by atoms with Gasteiger partial charge in [0.15, 0.2) is 0 Å². The van der Waals surface area contributed by atoms with Crippen molar-refractivity contribution < 1.29 is 4.74 Å². The van der Waals surface area contributed by atoms with Gasteiger partial charge in [-0.2, -0.15) is 0 Å². The molecule has 0 atom stereocenters. The fraction of sp³-hybridized carbons (Fsp3) is 0.625. The Hall–Kier alpha value is -0.410. The van der Waals surface area contributed by atoms with Crippen LogP contribution in [0.4, 0.5) is 0 Å². The first-order valence-electron chi connectivity index (χ1n) is 3.66. The van der Waals surface area contributed by atoms with Gasteiger partial charge < -0.3 is 4.74 Å². The topological polar surface area (TPSA) is 22.1 Å². The molecule has 0 saturated carbocycles. The van der Waals surface area contributed by atoms with E-state index < -0.39 is 0 Å². The lowest BCUT2D eigenvalue weighted by Gasteiger charge is -1.95. The van der Waals surface area contributed by atoms with E-state index in [1.807, 2.05) is 6.92 Å². The molecule has 0 unspecified atom stereocenters. The molecular formula is C8H13NOS. The highest BCUT2D eigenvalue weighted by Crippen LogP contribution is 2.17. The molecule has 62 valence electrons. The normalized spacial score (nSPS) is 10.5. The molecule has 0 aliphatic carbocycles. The van der Waals surface area contributed by atoms with E-state index in [0.29, 0.717) is 0 Å². The molecule has 0 N–H and O–H groups in total. The summed E-state index contributed by atoms with van der Waals surface area (Å²) in [6.07, 6.45) is 0.994. The number of hydrogen-bond donors (Lipinski definition) is 0. The van der Waals surface area contributed by atoms with Crippen LogP contribution < -0.4 is 0 Å². The van der Waals surface area contributed by atoms with Crippen LogP contribution in [0.2, 0.25) is 0 Å². The van der Waals surface area contributed by atoms with Crippen molar-refractivity contribution in [2.24, 2.45) is 0 Å². The Kier molecular flexibility index (Phi) is 3.02. The summed E-state index contributed by atoms with van der Waals surface area (Å²) in [5.74, 6) is 0. The van der Waals surface area contributed by atoms with Crippen molar-refractivity contribution in [3.8, 4) is 0 Å². The van der Waals surface area contributed by atoms with Crippen molar-refractivity contribution in [3.05, 3.63) is 15.6 Å². The lowest BCUT2D eigenvalue weighted by Crippen LogP contribution is -1.93. The number of aryl methyl sites for hydroxylation is 2. The number of hydrogen-bond acceptors (Lipinski definition) is 3. The lowest BCUT2D eigenvalue weighted by molar-refractivity contribution is 0.203. The molecule has 1 rings (SSSR count). The monoisotopic (exact) mass is 171 g/mol. The first kappa shape index (κ1) is 8.68. The van der Waals surface area contributed by atoms with Crippen LogP contribution in [-0.4, -0.2) is 18.7 Å². The minimum absolute atomic E-state index is 0.794. The molecule has 0 spiro atoms. The third-order valence-electron chi connectivity index (χ3n) is 1.53. The maximum absolute atomic E-state index is 4.99. The van der Waals surface area contributed by atoms with E-state index in [1.165, 1.54) is 4.88 Å². The Morgan fingerprint density at radius 1 is 1.45 bits per heavy atom. The molecule has 0 radical (unpaired) electrons. The van der Waals surface area contributed by atoms with Gasteiger partial charge in [-0.3, -0.25) is 0 Å². The molecule has 0 bridgehead atoms. The highest BCUT2D eigenvalue weighted by Gasteiger charge is 2.02. The third kappa shape index (κ3) is 2.27. The summed E-state index contributed by atoms with van der Waals surface area (Å²) in [4.78, 5) is 5.68. The van der Waals surface area contributed by atoms with Gasteiger partial charge in [0.1, 0.15) is 0 Å². The molecule has 11 heavy (non-hydrogen) atoms. The molecule has 0 amide bonds. The Bertz CT molecular complexity index is 232. The molecule has 1 aromatic heterocycles. The number of rotatable bonds is 3. The van der Waals surface area contributed by atoms with E-state index in [-0.39, 0.29) is 0 Å². The summed E-state index contributed by atoms with van der Waals surface area (Å²) < 4.78 is 4.99. The fourth-order valence-electron chi connectivity index (χ4n) is 1.00. The van der Waals surface area contributed by atoms with Crippen molar-refractivity contribution in [2.75, 3.05) is 13.7 Å². The molecule has 0 aliphatic heterocycles. The average molecular weight is 171 g/mol. The standard InChI is InChI=1S/C8H13NOS/c1-6-8(4-5-10-3)11-7(2)9-6/h4-5H2,1-3H3. The first-order chi connectivity index (χ1) is 5.24. The van der Waals surface area contributed by atoms with E-state index >= 15 is 0 Å². The molecule has 1 aromatic rings.